The number of alkyl halides is 3. The highest BCUT2D eigenvalue weighted by Gasteiger charge is 2.31. The Kier molecular flexibility index (Phi) is 5.87. The summed E-state index contributed by atoms with van der Waals surface area (Å²) < 4.78 is 43.9. The van der Waals surface area contributed by atoms with Crippen LogP contribution in [0.15, 0.2) is 60.8 Å². The average molecular weight is 428 g/mol. The van der Waals surface area contributed by atoms with Crippen molar-refractivity contribution in [3.63, 3.8) is 0 Å². The average Bonchev–Trinajstić information content (AvgIpc) is 3.22. The maximum absolute atomic E-state index is 12.7. The summed E-state index contributed by atoms with van der Waals surface area (Å²) in [5, 5.41) is 9.83. The van der Waals surface area contributed by atoms with Crippen LogP contribution < -0.4 is 9.64 Å². The topological polar surface area (TPSA) is 45.6 Å². The van der Waals surface area contributed by atoms with Crippen LogP contribution in [0.1, 0.15) is 23.1 Å². The van der Waals surface area contributed by atoms with Gasteiger partial charge in [-0.3, -0.25) is 0 Å². The number of ether oxygens (including phenoxy) is 1. The van der Waals surface area contributed by atoms with E-state index in [9.17, 15) is 18.3 Å². The van der Waals surface area contributed by atoms with Crippen LogP contribution in [0, 0.1) is 6.92 Å². The molecular formula is C24H23F3N2O2. The second kappa shape index (κ2) is 8.59. The molecule has 1 atom stereocenters. The zero-order valence-electron chi connectivity index (χ0n) is 17.1. The predicted octanol–water partition coefficient (Wildman–Crippen LogP) is 5.23. The van der Waals surface area contributed by atoms with Crippen molar-refractivity contribution in [2.75, 3.05) is 18.0 Å². The van der Waals surface area contributed by atoms with Crippen molar-refractivity contribution in [2.24, 2.45) is 0 Å². The Morgan fingerprint density at radius 2 is 1.94 bits per heavy atom. The van der Waals surface area contributed by atoms with E-state index in [2.05, 4.69) is 35.0 Å². The number of aliphatic hydroxyl groups is 1. The summed E-state index contributed by atoms with van der Waals surface area (Å²) in [6.45, 7) is 3.26. The van der Waals surface area contributed by atoms with Gasteiger partial charge < -0.3 is 14.7 Å². The fourth-order valence-electron chi connectivity index (χ4n) is 3.89. The lowest BCUT2D eigenvalue weighted by atomic mass is 9.98. The zero-order valence-corrected chi connectivity index (χ0v) is 17.1. The Morgan fingerprint density at radius 1 is 1.13 bits per heavy atom. The van der Waals surface area contributed by atoms with Gasteiger partial charge in [0.05, 0.1) is 18.7 Å². The van der Waals surface area contributed by atoms with Gasteiger partial charge in [-0.15, -0.1) is 0 Å². The number of rotatable bonds is 5. The van der Waals surface area contributed by atoms with Crippen LogP contribution in [0.5, 0.6) is 5.88 Å². The molecule has 1 fully saturated rings. The molecule has 1 saturated heterocycles. The quantitative estimate of drug-likeness (QED) is 0.605. The summed E-state index contributed by atoms with van der Waals surface area (Å²) in [6.07, 6.45) is -3.11. The first kappa shape index (κ1) is 21.2. The van der Waals surface area contributed by atoms with E-state index in [4.69, 9.17) is 4.74 Å². The third-order valence-corrected chi connectivity index (χ3v) is 5.55. The Bertz CT molecular complexity index is 1050. The molecule has 1 aromatic heterocycles. The third-order valence-electron chi connectivity index (χ3n) is 5.55. The van der Waals surface area contributed by atoms with Crippen LogP contribution in [0.2, 0.25) is 0 Å². The molecule has 3 aromatic rings. The van der Waals surface area contributed by atoms with Crippen molar-refractivity contribution in [2.45, 2.75) is 32.2 Å². The molecule has 2 heterocycles. The minimum atomic E-state index is -4.42. The maximum Gasteiger partial charge on any atom is 0.417 e. The highest BCUT2D eigenvalue weighted by molar-refractivity contribution is 5.73. The Balaban J connectivity index is 1.51. The van der Waals surface area contributed by atoms with E-state index >= 15 is 0 Å². The molecule has 2 aromatic carbocycles. The van der Waals surface area contributed by atoms with Gasteiger partial charge in [-0.25, -0.2) is 4.98 Å². The minimum Gasteiger partial charge on any atom is -0.472 e. The van der Waals surface area contributed by atoms with E-state index in [0.29, 0.717) is 13.0 Å². The van der Waals surface area contributed by atoms with E-state index in [-0.39, 0.29) is 18.6 Å². The minimum absolute atomic E-state index is 0.0775. The first-order valence-corrected chi connectivity index (χ1v) is 10.1. The third kappa shape index (κ3) is 4.66. The molecule has 0 bridgehead atoms. The van der Waals surface area contributed by atoms with Crippen molar-refractivity contribution in [1.29, 1.82) is 0 Å². The summed E-state index contributed by atoms with van der Waals surface area (Å²) >= 11 is 0. The lowest BCUT2D eigenvalue weighted by Gasteiger charge is -2.23. The van der Waals surface area contributed by atoms with Gasteiger partial charge in [-0.1, -0.05) is 36.4 Å². The summed E-state index contributed by atoms with van der Waals surface area (Å²) in [5.74, 6) is 0.177. The van der Waals surface area contributed by atoms with Crippen LogP contribution in [0.4, 0.5) is 18.9 Å². The van der Waals surface area contributed by atoms with Crippen LogP contribution >= 0.6 is 0 Å². The number of aryl methyl sites for hydroxylation is 1. The molecule has 1 N–H and O–H groups in total. The lowest BCUT2D eigenvalue weighted by molar-refractivity contribution is -0.137. The molecule has 0 amide bonds. The van der Waals surface area contributed by atoms with E-state index in [0.717, 1.165) is 41.2 Å². The SMILES string of the molecule is Cc1ccccc1-c1ccc(CO)c(N2CC[C@H](Oc3ccc(C(F)(F)F)cn3)C2)c1. The maximum atomic E-state index is 12.7. The van der Waals surface area contributed by atoms with Crippen LogP contribution in [-0.4, -0.2) is 29.3 Å². The first-order valence-electron chi connectivity index (χ1n) is 10.1. The normalized spacial score (nSPS) is 16.5. The van der Waals surface area contributed by atoms with E-state index in [1.54, 1.807) is 0 Å². The van der Waals surface area contributed by atoms with Crippen molar-refractivity contribution >= 4 is 5.69 Å². The number of aromatic nitrogens is 1. The molecular weight excluding hydrogens is 405 g/mol. The van der Waals surface area contributed by atoms with Gasteiger partial charge in [0.25, 0.3) is 0 Å². The van der Waals surface area contributed by atoms with Gasteiger partial charge >= 0.3 is 6.18 Å². The molecule has 0 aliphatic carbocycles. The summed E-state index contributed by atoms with van der Waals surface area (Å²) in [4.78, 5) is 5.94. The smallest absolute Gasteiger partial charge is 0.417 e. The molecule has 4 rings (SSSR count). The van der Waals surface area contributed by atoms with Gasteiger partial charge in [0.1, 0.15) is 6.10 Å². The van der Waals surface area contributed by atoms with E-state index in [1.807, 2.05) is 24.3 Å². The van der Waals surface area contributed by atoms with E-state index in [1.165, 1.54) is 11.6 Å². The number of anilines is 1. The number of hydrogen-bond acceptors (Lipinski definition) is 4. The summed E-state index contributed by atoms with van der Waals surface area (Å²) in [6, 6.07) is 16.4. The Morgan fingerprint density at radius 3 is 2.61 bits per heavy atom. The predicted molar refractivity (Wildman–Crippen MR) is 113 cm³/mol. The summed E-state index contributed by atoms with van der Waals surface area (Å²) in [7, 11) is 0. The second-order valence-corrected chi connectivity index (χ2v) is 7.67. The molecule has 1 aliphatic heterocycles. The first-order chi connectivity index (χ1) is 14.8. The molecule has 162 valence electrons. The van der Waals surface area contributed by atoms with Gasteiger partial charge in [0.15, 0.2) is 0 Å². The van der Waals surface area contributed by atoms with Gasteiger partial charge in [-0.2, -0.15) is 13.2 Å². The second-order valence-electron chi connectivity index (χ2n) is 7.67. The molecule has 1 aliphatic rings. The van der Waals surface area contributed by atoms with Crippen LogP contribution in [0.25, 0.3) is 11.1 Å². The fourth-order valence-corrected chi connectivity index (χ4v) is 3.89. The standard InChI is InChI=1S/C24H23F3N2O2/c1-16-4-2-3-5-21(16)17-6-7-18(15-30)22(12-17)29-11-10-20(14-29)31-23-9-8-19(13-28-23)24(25,26)27/h2-9,12-13,20,30H,10-11,14-15H2,1H3/t20-/m0/s1. The van der Waals surface area contributed by atoms with Crippen LogP contribution in [0.3, 0.4) is 0 Å². The number of aliphatic hydroxyl groups excluding tert-OH is 1. The molecule has 0 saturated carbocycles. The Labute approximate surface area is 178 Å². The van der Waals surface area contributed by atoms with Crippen molar-refractivity contribution in [3.8, 4) is 17.0 Å². The van der Waals surface area contributed by atoms with Gasteiger partial charge in [0.2, 0.25) is 5.88 Å². The number of pyridine rings is 1. The zero-order chi connectivity index (χ0) is 22.0. The molecule has 4 nitrogen and oxygen atoms in total. The highest BCUT2D eigenvalue weighted by Crippen LogP contribution is 2.33. The molecule has 0 radical (unpaired) electrons. The van der Waals surface area contributed by atoms with Gasteiger partial charge in [-0.05, 0) is 35.7 Å². The number of nitrogens with zero attached hydrogens (tertiary/aromatic N) is 2. The van der Waals surface area contributed by atoms with Crippen molar-refractivity contribution < 1.29 is 23.0 Å². The highest BCUT2D eigenvalue weighted by atomic mass is 19.4. The monoisotopic (exact) mass is 428 g/mol. The van der Waals surface area contributed by atoms with Gasteiger partial charge in [0, 0.05) is 36.5 Å². The summed E-state index contributed by atoms with van der Waals surface area (Å²) in [5.41, 5.74) is 4.34. The molecule has 0 unspecified atom stereocenters. The number of hydrogen-bond donors (Lipinski definition) is 1. The number of benzene rings is 2. The molecule has 0 spiro atoms. The number of halogens is 3. The van der Waals surface area contributed by atoms with Crippen molar-refractivity contribution in [1.82, 2.24) is 4.98 Å². The fraction of sp³-hybridized carbons (Fsp3) is 0.292. The largest absolute Gasteiger partial charge is 0.472 e. The van der Waals surface area contributed by atoms with Crippen molar-refractivity contribution in [3.05, 3.63) is 77.5 Å². The Hall–Kier alpha value is -3.06. The lowest BCUT2D eigenvalue weighted by Crippen LogP contribution is -2.25. The molecule has 31 heavy (non-hydrogen) atoms. The molecule has 7 heteroatoms. The van der Waals surface area contributed by atoms with E-state index < -0.39 is 11.7 Å². The van der Waals surface area contributed by atoms with Crippen LogP contribution in [-0.2, 0) is 12.8 Å².